The largest absolute Gasteiger partial charge is 0.335 e. The third-order valence-electron chi connectivity index (χ3n) is 2.85. The number of anilines is 1. The molecule has 0 spiro atoms. The minimum absolute atomic E-state index is 0.0691. The fourth-order valence-electron chi connectivity index (χ4n) is 1.84. The van der Waals surface area contributed by atoms with Crippen LogP contribution in [0.2, 0.25) is 0 Å². The summed E-state index contributed by atoms with van der Waals surface area (Å²) in [5.41, 5.74) is 0.678. The van der Waals surface area contributed by atoms with Crippen LogP contribution in [0.5, 0.6) is 0 Å². The number of nitro groups is 1. The van der Waals surface area contributed by atoms with Crippen LogP contribution in [0.15, 0.2) is 35.2 Å². The summed E-state index contributed by atoms with van der Waals surface area (Å²) in [5, 5.41) is 13.6. The van der Waals surface area contributed by atoms with Crippen molar-refractivity contribution < 1.29 is 9.72 Å². The van der Waals surface area contributed by atoms with Gasteiger partial charge in [0.25, 0.3) is 11.6 Å². The molecule has 2 aromatic heterocycles. The Bertz CT molecular complexity index is 696. The van der Waals surface area contributed by atoms with E-state index in [1.54, 1.807) is 23.0 Å². The zero-order valence-electron chi connectivity index (χ0n) is 11.4. The smallest absolute Gasteiger partial charge is 0.287 e. The Kier molecular flexibility index (Phi) is 4.37. The van der Waals surface area contributed by atoms with E-state index < -0.39 is 10.8 Å². The van der Waals surface area contributed by atoms with Crippen molar-refractivity contribution in [2.45, 2.75) is 19.9 Å². The molecule has 0 saturated carbocycles. The zero-order valence-corrected chi connectivity index (χ0v) is 13.0. The molecule has 2 rings (SSSR count). The van der Waals surface area contributed by atoms with E-state index in [2.05, 4.69) is 26.2 Å². The molecule has 0 fully saturated rings. The summed E-state index contributed by atoms with van der Waals surface area (Å²) >= 11 is 3.28. The molecule has 0 unspecified atom stereocenters. The van der Waals surface area contributed by atoms with Crippen LogP contribution < -0.4 is 5.32 Å². The van der Waals surface area contributed by atoms with Gasteiger partial charge in [-0.25, -0.2) is 0 Å². The summed E-state index contributed by atoms with van der Waals surface area (Å²) in [6.45, 7) is 3.70. The lowest BCUT2D eigenvalue weighted by molar-refractivity contribution is -0.384. The molecule has 21 heavy (non-hydrogen) atoms. The van der Waals surface area contributed by atoms with Gasteiger partial charge in [0.05, 0.1) is 21.3 Å². The van der Waals surface area contributed by atoms with Gasteiger partial charge in [0.15, 0.2) is 0 Å². The quantitative estimate of drug-likeness (QED) is 0.674. The summed E-state index contributed by atoms with van der Waals surface area (Å²) in [6.07, 6.45) is 4.46. The Morgan fingerprint density at radius 1 is 1.52 bits per heavy atom. The third kappa shape index (κ3) is 3.27. The molecule has 110 valence electrons. The summed E-state index contributed by atoms with van der Waals surface area (Å²) in [5.74, 6) is -0.413. The van der Waals surface area contributed by atoms with Gasteiger partial charge in [-0.05, 0) is 35.8 Å². The van der Waals surface area contributed by atoms with Gasteiger partial charge in [0.2, 0.25) is 0 Å². The summed E-state index contributed by atoms with van der Waals surface area (Å²) < 4.78 is 2.21. The van der Waals surface area contributed by atoms with E-state index >= 15 is 0 Å². The van der Waals surface area contributed by atoms with Crippen LogP contribution in [0.3, 0.4) is 0 Å². The molecule has 0 aromatic carbocycles. The summed E-state index contributed by atoms with van der Waals surface area (Å²) in [7, 11) is 0. The first kappa shape index (κ1) is 15.2. The monoisotopic (exact) mass is 352 g/mol. The standard InChI is InChI=1S/C13H13BrN4O3/c1-8(2)17-7-9(18(20)21)5-12(17)13(19)16-11-3-4-15-6-10(11)14/h3-8H,1-2H3,(H,15,16,19). The molecular formula is C13H13BrN4O3. The molecule has 1 amide bonds. The van der Waals surface area contributed by atoms with Crippen LogP contribution in [-0.2, 0) is 0 Å². The predicted molar refractivity (Wildman–Crippen MR) is 81.4 cm³/mol. The summed E-state index contributed by atoms with van der Waals surface area (Å²) in [6, 6.07) is 2.84. The number of halogens is 1. The molecule has 2 heterocycles. The van der Waals surface area contributed by atoms with Crippen molar-refractivity contribution in [2.75, 3.05) is 5.32 Å². The topological polar surface area (TPSA) is 90.1 Å². The number of carbonyl (C=O) groups is 1. The molecule has 0 atom stereocenters. The van der Waals surface area contributed by atoms with Crippen molar-refractivity contribution in [3.05, 3.63) is 51.0 Å². The number of carbonyl (C=O) groups excluding carboxylic acids is 1. The van der Waals surface area contributed by atoms with Crippen molar-refractivity contribution in [3.8, 4) is 0 Å². The van der Waals surface area contributed by atoms with Crippen LogP contribution in [0, 0.1) is 10.1 Å². The molecule has 1 N–H and O–H groups in total. The maximum Gasteiger partial charge on any atom is 0.287 e. The van der Waals surface area contributed by atoms with Gasteiger partial charge in [-0.15, -0.1) is 0 Å². The lowest BCUT2D eigenvalue weighted by atomic mass is 10.3. The van der Waals surface area contributed by atoms with Crippen LogP contribution in [0.4, 0.5) is 11.4 Å². The molecule has 0 aliphatic carbocycles. The molecule has 2 aromatic rings. The second-order valence-corrected chi connectivity index (χ2v) is 5.51. The van der Waals surface area contributed by atoms with Gasteiger partial charge < -0.3 is 9.88 Å². The van der Waals surface area contributed by atoms with E-state index in [1.165, 1.54) is 12.3 Å². The Morgan fingerprint density at radius 3 is 2.81 bits per heavy atom. The fraction of sp³-hybridized carbons (Fsp3) is 0.231. The van der Waals surface area contributed by atoms with Crippen molar-refractivity contribution >= 4 is 33.2 Å². The first-order valence-electron chi connectivity index (χ1n) is 6.17. The maximum atomic E-state index is 12.3. The number of nitrogens with zero attached hydrogens (tertiary/aromatic N) is 3. The Morgan fingerprint density at radius 2 is 2.24 bits per heavy atom. The number of hydrogen-bond acceptors (Lipinski definition) is 4. The van der Waals surface area contributed by atoms with Gasteiger partial charge in [-0.3, -0.25) is 19.9 Å². The predicted octanol–water partition coefficient (Wildman–Crippen LogP) is 3.39. The Balaban J connectivity index is 2.35. The van der Waals surface area contributed by atoms with E-state index in [9.17, 15) is 14.9 Å². The van der Waals surface area contributed by atoms with E-state index in [-0.39, 0.29) is 17.4 Å². The van der Waals surface area contributed by atoms with E-state index in [1.807, 2.05) is 13.8 Å². The number of hydrogen-bond donors (Lipinski definition) is 1. The second-order valence-electron chi connectivity index (χ2n) is 4.65. The lowest BCUT2D eigenvalue weighted by Gasteiger charge is -2.12. The normalized spacial score (nSPS) is 10.7. The first-order valence-corrected chi connectivity index (χ1v) is 6.96. The van der Waals surface area contributed by atoms with Crippen molar-refractivity contribution in [1.82, 2.24) is 9.55 Å². The SMILES string of the molecule is CC(C)n1cc([N+](=O)[O-])cc1C(=O)Nc1ccncc1Br. The Labute approximate surface area is 129 Å². The van der Waals surface area contributed by atoms with E-state index in [4.69, 9.17) is 0 Å². The molecule has 7 nitrogen and oxygen atoms in total. The highest BCUT2D eigenvalue weighted by Gasteiger charge is 2.21. The highest BCUT2D eigenvalue weighted by atomic mass is 79.9. The van der Waals surface area contributed by atoms with Gasteiger partial charge in [0, 0.05) is 24.5 Å². The van der Waals surface area contributed by atoms with Gasteiger partial charge >= 0.3 is 0 Å². The summed E-state index contributed by atoms with van der Waals surface area (Å²) in [4.78, 5) is 26.6. The van der Waals surface area contributed by atoms with Crippen molar-refractivity contribution in [1.29, 1.82) is 0 Å². The third-order valence-corrected chi connectivity index (χ3v) is 3.49. The number of aromatic nitrogens is 2. The van der Waals surface area contributed by atoms with Crippen LogP contribution in [-0.4, -0.2) is 20.4 Å². The average molecular weight is 353 g/mol. The molecule has 0 aliphatic heterocycles. The zero-order chi connectivity index (χ0) is 15.6. The van der Waals surface area contributed by atoms with Gasteiger partial charge in [-0.1, -0.05) is 0 Å². The van der Waals surface area contributed by atoms with Gasteiger partial charge in [0.1, 0.15) is 5.69 Å². The van der Waals surface area contributed by atoms with Gasteiger partial charge in [-0.2, -0.15) is 0 Å². The first-order chi connectivity index (χ1) is 9.90. The van der Waals surface area contributed by atoms with Crippen molar-refractivity contribution in [3.63, 3.8) is 0 Å². The molecule has 0 bridgehead atoms. The highest BCUT2D eigenvalue weighted by Crippen LogP contribution is 2.24. The van der Waals surface area contributed by atoms with Crippen LogP contribution in [0.1, 0.15) is 30.4 Å². The molecular weight excluding hydrogens is 340 g/mol. The van der Waals surface area contributed by atoms with Crippen molar-refractivity contribution in [2.24, 2.45) is 0 Å². The second kappa shape index (κ2) is 6.04. The van der Waals surface area contributed by atoms with Crippen LogP contribution >= 0.6 is 15.9 Å². The average Bonchev–Trinajstić information content (AvgIpc) is 2.87. The molecule has 0 saturated heterocycles. The number of nitrogens with one attached hydrogen (secondary N) is 1. The molecule has 8 heteroatoms. The minimum atomic E-state index is -0.516. The fourth-order valence-corrected chi connectivity index (χ4v) is 2.19. The maximum absolute atomic E-state index is 12.3. The number of pyridine rings is 1. The molecule has 0 radical (unpaired) electrons. The lowest BCUT2D eigenvalue weighted by Crippen LogP contribution is -2.18. The molecule has 0 aliphatic rings. The van der Waals surface area contributed by atoms with E-state index in [0.29, 0.717) is 10.2 Å². The number of rotatable bonds is 4. The highest BCUT2D eigenvalue weighted by molar-refractivity contribution is 9.10. The Hall–Kier alpha value is -2.22. The minimum Gasteiger partial charge on any atom is -0.335 e. The van der Waals surface area contributed by atoms with Crippen LogP contribution in [0.25, 0.3) is 0 Å². The van der Waals surface area contributed by atoms with E-state index in [0.717, 1.165) is 0 Å². The number of amides is 1.